The summed E-state index contributed by atoms with van der Waals surface area (Å²) in [7, 11) is 4.34. The molecule has 0 fully saturated rings. The van der Waals surface area contributed by atoms with Gasteiger partial charge in [0.05, 0.1) is 37.4 Å². The van der Waals surface area contributed by atoms with Crippen LogP contribution in [0.2, 0.25) is 0 Å². The van der Waals surface area contributed by atoms with Crippen molar-refractivity contribution in [1.29, 1.82) is 0 Å². The van der Waals surface area contributed by atoms with Gasteiger partial charge in [-0.3, -0.25) is 4.68 Å². The molecule has 9 nitrogen and oxygen atoms in total. The molecular formula is C20H21N5O4. The van der Waals surface area contributed by atoms with Crippen molar-refractivity contribution >= 4 is 17.6 Å². The van der Waals surface area contributed by atoms with Crippen molar-refractivity contribution in [2.75, 3.05) is 19.5 Å². The lowest BCUT2D eigenvalue weighted by Gasteiger charge is -2.10. The first-order valence-electron chi connectivity index (χ1n) is 8.73. The number of aryl methyl sites for hydroxylation is 2. The lowest BCUT2D eigenvalue weighted by molar-refractivity contribution is -0.138. The molecule has 9 heteroatoms. The molecule has 0 unspecified atom stereocenters. The Morgan fingerprint density at radius 2 is 1.79 bits per heavy atom. The predicted molar refractivity (Wildman–Crippen MR) is 106 cm³/mol. The number of aromatic nitrogens is 4. The van der Waals surface area contributed by atoms with Gasteiger partial charge in [0, 0.05) is 30.7 Å². The maximum absolute atomic E-state index is 11.8. The molecule has 0 atom stereocenters. The fourth-order valence-corrected chi connectivity index (χ4v) is 2.75. The molecule has 1 N–H and O–H groups in total. The summed E-state index contributed by atoms with van der Waals surface area (Å²) in [4.78, 5) is 23.3. The molecule has 3 aromatic rings. The van der Waals surface area contributed by atoms with E-state index in [2.05, 4.69) is 25.0 Å². The van der Waals surface area contributed by atoms with Gasteiger partial charge in [-0.05, 0) is 37.3 Å². The summed E-state index contributed by atoms with van der Waals surface area (Å²) in [5.74, 6) is -1.34. The van der Waals surface area contributed by atoms with Gasteiger partial charge in [-0.2, -0.15) is 10.2 Å². The zero-order valence-corrected chi connectivity index (χ0v) is 16.5. The third-order valence-corrected chi connectivity index (χ3v) is 4.16. The first kappa shape index (κ1) is 19.9. The Hall–Kier alpha value is -3.88. The zero-order valence-electron chi connectivity index (χ0n) is 16.5. The number of hydrogen-bond acceptors (Lipinski definition) is 7. The minimum Gasteiger partial charge on any atom is -0.466 e. The molecular weight excluding hydrogens is 374 g/mol. The van der Waals surface area contributed by atoms with Crippen molar-refractivity contribution in [3.63, 3.8) is 0 Å². The molecule has 0 spiro atoms. The number of esters is 2. The number of nitrogens with one attached hydrogen (secondary N) is 1. The van der Waals surface area contributed by atoms with Crippen LogP contribution in [-0.2, 0) is 26.1 Å². The van der Waals surface area contributed by atoms with E-state index in [1.807, 2.05) is 44.6 Å². The van der Waals surface area contributed by atoms with Crippen molar-refractivity contribution < 1.29 is 19.1 Å². The summed E-state index contributed by atoms with van der Waals surface area (Å²) in [5, 5.41) is 11.8. The van der Waals surface area contributed by atoms with E-state index >= 15 is 0 Å². The Labute approximate surface area is 167 Å². The molecule has 150 valence electrons. The number of benzene rings is 1. The Bertz CT molecular complexity index is 1060. The molecule has 0 saturated carbocycles. The van der Waals surface area contributed by atoms with Crippen LogP contribution in [0.4, 0.5) is 5.69 Å². The van der Waals surface area contributed by atoms with Crippen LogP contribution in [0.15, 0.2) is 54.5 Å². The molecule has 0 amide bonds. The lowest BCUT2D eigenvalue weighted by Crippen LogP contribution is -2.15. The van der Waals surface area contributed by atoms with Gasteiger partial charge in [-0.1, -0.05) is 0 Å². The average Bonchev–Trinajstić information content (AvgIpc) is 3.33. The van der Waals surface area contributed by atoms with E-state index in [9.17, 15) is 9.59 Å². The van der Waals surface area contributed by atoms with Gasteiger partial charge in [0.2, 0.25) is 0 Å². The summed E-state index contributed by atoms with van der Waals surface area (Å²) >= 11 is 0. The van der Waals surface area contributed by atoms with Crippen LogP contribution >= 0.6 is 0 Å². The van der Waals surface area contributed by atoms with Gasteiger partial charge in [0.25, 0.3) is 0 Å². The van der Waals surface area contributed by atoms with E-state index in [0.717, 1.165) is 28.7 Å². The number of carbonyl (C=O) groups excluding carboxylic acids is 2. The van der Waals surface area contributed by atoms with Gasteiger partial charge in [0.15, 0.2) is 0 Å². The van der Waals surface area contributed by atoms with E-state index in [1.165, 1.54) is 14.2 Å². The highest BCUT2D eigenvalue weighted by molar-refractivity contribution is 5.98. The number of ether oxygens (including phenoxy) is 2. The molecule has 0 aliphatic heterocycles. The molecule has 3 rings (SSSR count). The molecule has 0 saturated heterocycles. The van der Waals surface area contributed by atoms with Crippen molar-refractivity contribution in [2.24, 2.45) is 7.05 Å². The number of carbonyl (C=O) groups is 2. The molecule has 0 radical (unpaired) electrons. The first-order chi connectivity index (χ1) is 13.9. The van der Waals surface area contributed by atoms with Crippen molar-refractivity contribution in [3.05, 3.63) is 60.2 Å². The third kappa shape index (κ3) is 4.52. The Morgan fingerprint density at radius 1 is 1.07 bits per heavy atom. The zero-order chi connectivity index (χ0) is 21.0. The SMILES string of the molecule is COC(=O)/C=C(/Nc1ccc(-n2ccc(-c3cn(C)nc3C)n2)cc1)C(=O)OC. The second-order valence-corrected chi connectivity index (χ2v) is 6.19. The van der Waals surface area contributed by atoms with Crippen LogP contribution in [0.1, 0.15) is 5.69 Å². The minimum absolute atomic E-state index is 0.0273. The first-order valence-corrected chi connectivity index (χ1v) is 8.73. The molecule has 2 aromatic heterocycles. The number of methoxy groups -OCH3 is 2. The van der Waals surface area contributed by atoms with Gasteiger partial charge in [-0.15, -0.1) is 0 Å². The van der Waals surface area contributed by atoms with Gasteiger partial charge in [-0.25, -0.2) is 14.3 Å². The molecule has 1 aromatic carbocycles. The fraction of sp³-hybridized carbons (Fsp3) is 0.200. The van der Waals surface area contributed by atoms with Crippen LogP contribution in [0.25, 0.3) is 16.9 Å². The summed E-state index contributed by atoms with van der Waals surface area (Å²) in [5.41, 5.74) is 4.11. The normalized spacial score (nSPS) is 11.2. The monoisotopic (exact) mass is 395 g/mol. The van der Waals surface area contributed by atoms with Crippen LogP contribution in [-0.4, -0.2) is 45.7 Å². The highest BCUT2D eigenvalue weighted by Crippen LogP contribution is 2.22. The van der Waals surface area contributed by atoms with Crippen molar-refractivity contribution in [2.45, 2.75) is 6.92 Å². The summed E-state index contributed by atoms with van der Waals surface area (Å²) in [6.45, 7) is 1.94. The van der Waals surface area contributed by atoms with Gasteiger partial charge in [0.1, 0.15) is 5.70 Å². The van der Waals surface area contributed by atoms with Gasteiger partial charge < -0.3 is 14.8 Å². The topological polar surface area (TPSA) is 100 Å². The Balaban J connectivity index is 1.80. The number of hydrogen-bond donors (Lipinski definition) is 1. The van der Waals surface area contributed by atoms with E-state index in [1.54, 1.807) is 21.5 Å². The highest BCUT2D eigenvalue weighted by Gasteiger charge is 2.13. The predicted octanol–water partition coefficient (Wildman–Crippen LogP) is 2.22. The van der Waals surface area contributed by atoms with Crippen LogP contribution in [0.3, 0.4) is 0 Å². The lowest BCUT2D eigenvalue weighted by atomic mass is 10.2. The van der Waals surface area contributed by atoms with Crippen molar-refractivity contribution in [3.8, 4) is 16.9 Å². The highest BCUT2D eigenvalue weighted by atomic mass is 16.5. The van der Waals surface area contributed by atoms with E-state index in [4.69, 9.17) is 0 Å². The van der Waals surface area contributed by atoms with Crippen LogP contribution in [0, 0.1) is 6.92 Å². The smallest absolute Gasteiger partial charge is 0.354 e. The second kappa shape index (κ2) is 8.42. The maximum atomic E-state index is 11.8. The number of nitrogens with zero attached hydrogens (tertiary/aromatic N) is 4. The summed E-state index contributed by atoms with van der Waals surface area (Å²) < 4.78 is 12.7. The third-order valence-electron chi connectivity index (χ3n) is 4.16. The average molecular weight is 395 g/mol. The molecule has 0 bridgehead atoms. The number of anilines is 1. The molecule has 0 aliphatic rings. The van der Waals surface area contributed by atoms with Crippen molar-refractivity contribution in [1.82, 2.24) is 19.6 Å². The maximum Gasteiger partial charge on any atom is 0.354 e. The van der Waals surface area contributed by atoms with E-state index < -0.39 is 11.9 Å². The quantitative estimate of drug-likeness (QED) is 0.504. The number of rotatable bonds is 6. The Kier molecular flexibility index (Phi) is 5.77. The fourth-order valence-electron chi connectivity index (χ4n) is 2.75. The van der Waals surface area contributed by atoms with E-state index in [-0.39, 0.29) is 5.70 Å². The standard InChI is InChI=1S/C20H21N5O4/c1-13-16(12-24(2)22-13)17-9-10-25(23-17)15-7-5-14(6-8-15)21-18(20(27)29-4)11-19(26)28-3/h5-12,21H,1-4H3/b18-11+. The van der Waals surface area contributed by atoms with Gasteiger partial charge >= 0.3 is 11.9 Å². The largest absolute Gasteiger partial charge is 0.466 e. The molecule has 2 heterocycles. The van der Waals surface area contributed by atoms with Crippen LogP contribution in [0.5, 0.6) is 0 Å². The van der Waals surface area contributed by atoms with Crippen LogP contribution < -0.4 is 5.32 Å². The minimum atomic E-state index is -0.678. The second-order valence-electron chi connectivity index (χ2n) is 6.19. The Morgan fingerprint density at radius 3 is 2.38 bits per heavy atom. The summed E-state index contributed by atoms with van der Waals surface area (Å²) in [6.07, 6.45) is 4.83. The van der Waals surface area contributed by atoms with E-state index in [0.29, 0.717) is 5.69 Å². The molecule has 0 aliphatic carbocycles. The summed E-state index contributed by atoms with van der Waals surface area (Å²) in [6, 6.07) is 9.12. The molecule has 29 heavy (non-hydrogen) atoms.